The van der Waals surface area contributed by atoms with Gasteiger partial charge in [-0.05, 0) is 20.8 Å². The first-order valence-electron chi connectivity index (χ1n) is 7.57. The van der Waals surface area contributed by atoms with Gasteiger partial charge in [-0.2, -0.15) is 4.98 Å². The van der Waals surface area contributed by atoms with Crippen LogP contribution in [-0.2, 0) is 0 Å². The van der Waals surface area contributed by atoms with E-state index in [-0.39, 0.29) is 6.10 Å². The Morgan fingerprint density at radius 2 is 2.10 bits per heavy atom. The van der Waals surface area contributed by atoms with Gasteiger partial charge in [0.25, 0.3) is 0 Å². The first kappa shape index (κ1) is 16.0. The molecule has 2 atom stereocenters. The maximum absolute atomic E-state index is 9.55. The van der Waals surface area contributed by atoms with E-state index in [4.69, 9.17) is 0 Å². The summed E-state index contributed by atoms with van der Waals surface area (Å²) in [5.74, 6) is 1.75. The summed E-state index contributed by atoms with van der Waals surface area (Å²) in [5.41, 5.74) is 0.989. The van der Waals surface area contributed by atoms with E-state index in [9.17, 15) is 5.11 Å². The lowest BCUT2D eigenvalue weighted by Crippen LogP contribution is -2.54. The van der Waals surface area contributed by atoms with Crippen LogP contribution in [0, 0.1) is 6.92 Å². The van der Waals surface area contributed by atoms with Crippen molar-refractivity contribution in [1.82, 2.24) is 14.9 Å². The molecule has 6 nitrogen and oxygen atoms in total. The molecule has 1 N–H and O–H groups in total. The average molecular weight is 293 g/mol. The Bertz CT molecular complexity index is 477. The molecule has 1 aliphatic rings. The predicted octanol–water partition coefficient (Wildman–Crippen LogP) is 0.742. The van der Waals surface area contributed by atoms with Gasteiger partial charge < -0.3 is 14.9 Å². The van der Waals surface area contributed by atoms with Crippen molar-refractivity contribution < 1.29 is 5.11 Å². The maximum atomic E-state index is 9.55. The number of β-amino-alcohol motifs (C(OH)–C–C–N with tert-alkyl or cyclic N) is 1. The molecule has 0 unspecified atom stereocenters. The van der Waals surface area contributed by atoms with Gasteiger partial charge in [0.15, 0.2) is 0 Å². The van der Waals surface area contributed by atoms with Crippen molar-refractivity contribution in [2.75, 3.05) is 50.1 Å². The Labute approximate surface area is 127 Å². The number of hydrogen-bond acceptors (Lipinski definition) is 6. The molecule has 0 aliphatic carbocycles. The van der Waals surface area contributed by atoms with Crippen LogP contribution in [0.3, 0.4) is 0 Å². The van der Waals surface area contributed by atoms with Gasteiger partial charge in [0.2, 0.25) is 5.95 Å². The van der Waals surface area contributed by atoms with Crippen LogP contribution in [-0.4, -0.2) is 72.4 Å². The second-order valence-electron chi connectivity index (χ2n) is 6.20. The summed E-state index contributed by atoms with van der Waals surface area (Å²) in [7, 11) is 3.99. The molecule has 21 heavy (non-hydrogen) atoms. The molecule has 0 spiro atoms. The number of aliphatic hydroxyl groups is 1. The normalized spacial score (nSPS) is 21.4. The number of hydrogen-bond donors (Lipinski definition) is 1. The van der Waals surface area contributed by atoms with Gasteiger partial charge in [-0.15, -0.1) is 0 Å². The third-order valence-electron chi connectivity index (χ3n) is 3.83. The average Bonchev–Trinajstić information content (AvgIpc) is 2.39. The summed E-state index contributed by atoms with van der Waals surface area (Å²) < 4.78 is 0. The van der Waals surface area contributed by atoms with E-state index in [1.807, 2.05) is 38.9 Å². The van der Waals surface area contributed by atoms with Crippen LogP contribution in [0.1, 0.15) is 19.5 Å². The molecule has 1 aromatic rings. The number of aliphatic hydroxyl groups excluding tert-OH is 1. The summed E-state index contributed by atoms with van der Waals surface area (Å²) in [6.07, 6.45) is -0.283. The van der Waals surface area contributed by atoms with Gasteiger partial charge in [-0.25, -0.2) is 4.98 Å². The highest BCUT2D eigenvalue weighted by molar-refractivity contribution is 5.45. The fraction of sp³-hybridized carbons (Fsp3) is 0.733. The second kappa shape index (κ2) is 6.58. The number of piperazine rings is 1. The van der Waals surface area contributed by atoms with Crippen LogP contribution in [0.5, 0.6) is 0 Å². The van der Waals surface area contributed by atoms with E-state index in [0.29, 0.717) is 6.04 Å². The summed E-state index contributed by atoms with van der Waals surface area (Å²) in [6.45, 7) is 9.48. The molecule has 1 aliphatic heterocycles. The van der Waals surface area contributed by atoms with Gasteiger partial charge in [-0.1, -0.05) is 0 Å². The Hall–Kier alpha value is -1.40. The van der Waals surface area contributed by atoms with Gasteiger partial charge in [0.1, 0.15) is 5.82 Å². The number of nitrogens with zero attached hydrogens (tertiary/aromatic N) is 5. The fourth-order valence-electron chi connectivity index (χ4n) is 2.69. The minimum atomic E-state index is -0.283. The Morgan fingerprint density at radius 1 is 1.38 bits per heavy atom. The molecule has 0 radical (unpaired) electrons. The van der Waals surface area contributed by atoms with Gasteiger partial charge in [0.05, 0.1) is 6.10 Å². The molecule has 2 heterocycles. The molecule has 1 aromatic heterocycles. The molecule has 1 saturated heterocycles. The Balaban J connectivity index is 2.10. The minimum Gasteiger partial charge on any atom is -0.392 e. The van der Waals surface area contributed by atoms with Crippen molar-refractivity contribution in [2.45, 2.75) is 32.9 Å². The number of anilines is 2. The Kier molecular flexibility index (Phi) is 5.00. The molecule has 0 aromatic carbocycles. The van der Waals surface area contributed by atoms with Gasteiger partial charge >= 0.3 is 0 Å². The van der Waals surface area contributed by atoms with E-state index in [2.05, 4.69) is 26.7 Å². The lowest BCUT2D eigenvalue weighted by atomic mass is 10.2. The number of rotatable bonds is 4. The molecular weight excluding hydrogens is 266 g/mol. The minimum absolute atomic E-state index is 0.283. The van der Waals surface area contributed by atoms with Crippen molar-refractivity contribution in [3.63, 3.8) is 0 Å². The van der Waals surface area contributed by atoms with Crippen LogP contribution in [0.2, 0.25) is 0 Å². The zero-order chi connectivity index (χ0) is 15.6. The maximum Gasteiger partial charge on any atom is 0.227 e. The first-order valence-corrected chi connectivity index (χ1v) is 7.57. The summed E-state index contributed by atoms with van der Waals surface area (Å²) >= 11 is 0. The molecule has 2 rings (SSSR count). The zero-order valence-corrected chi connectivity index (χ0v) is 13.7. The van der Waals surface area contributed by atoms with Gasteiger partial charge in [0, 0.05) is 58.1 Å². The Morgan fingerprint density at radius 3 is 2.67 bits per heavy atom. The van der Waals surface area contributed by atoms with Crippen LogP contribution in [0.4, 0.5) is 11.8 Å². The largest absolute Gasteiger partial charge is 0.392 e. The lowest BCUT2D eigenvalue weighted by Gasteiger charge is -2.40. The molecule has 0 amide bonds. The van der Waals surface area contributed by atoms with E-state index in [1.54, 1.807) is 0 Å². The molecular formula is C15H27N5O. The highest BCUT2D eigenvalue weighted by Gasteiger charge is 2.26. The zero-order valence-electron chi connectivity index (χ0n) is 13.7. The standard InChI is InChI=1S/C15H27N5O/c1-11-8-14(18(4)5)17-15(16-11)20-7-6-19(10-13(3)21)12(2)9-20/h8,12-13,21H,6-7,9-10H2,1-5H3/t12-,13-/m1/s1. The molecule has 1 fully saturated rings. The van der Waals surface area contributed by atoms with Crippen molar-refractivity contribution in [1.29, 1.82) is 0 Å². The van der Waals surface area contributed by atoms with Crippen LogP contribution in [0.15, 0.2) is 6.07 Å². The SMILES string of the molecule is Cc1cc(N(C)C)nc(N2CCN(C[C@@H](C)O)[C@H](C)C2)n1. The third kappa shape index (κ3) is 4.04. The van der Waals surface area contributed by atoms with E-state index in [1.165, 1.54) is 0 Å². The van der Waals surface area contributed by atoms with Crippen molar-refractivity contribution in [3.05, 3.63) is 11.8 Å². The van der Waals surface area contributed by atoms with Gasteiger partial charge in [-0.3, -0.25) is 4.90 Å². The highest BCUT2D eigenvalue weighted by Crippen LogP contribution is 2.19. The molecule has 0 saturated carbocycles. The molecule has 118 valence electrons. The third-order valence-corrected chi connectivity index (χ3v) is 3.83. The highest BCUT2D eigenvalue weighted by atomic mass is 16.3. The fourth-order valence-corrected chi connectivity index (χ4v) is 2.69. The second-order valence-corrected chi connectivity index (χ2v) is 6.20. The summed E-state index contributed by atoms with van der Waals surface area (Å²) in [4.78, 5) is 15.8. The molecule has 0 bridgehead atoms. The number of aromatic nitrogens is 2. The van der Waals surface area contributed by atoms with Crippen LogP contribution >= 0.6 is 0 Å². The van der Waals surface area contributed by atoms with Crippen LogP contribution in [0.25, 0.3) is 0 Å². The topological polar surface area (TPSA) is 55.7 Å². The quantitative estimate of drug-likeness (QED) is 0.884. The molecule has 6 heteroatoms. The lowest BCUT2D eigenvalue weighted by molar-refractivity contribution is 0.0957. The monoisotopic (exact) mass is 293 g/mol. The van der Waals surface area contributed by atoms with E-state index < -0.39 is 0 Å². The smallest absolute Gasteiger partial charge is 0.227 e. The summed E-state index contributed by atoms with van der Waals surface area (Å²) in [5, 5.41) is 9.55. The summed E-state index contributed by atoms with van der Waals surface area (Å²) in [6, 6.07) is 2.39. The van der Waals surface area contributed by atoms with Crippen molar-refractivity contribution >= 4 is 11.8 Å². The number of aryl methyl sites for hydroxylation is 1. The van der Waals surface area contributed by atoms with E-state index >= 15 is 0 Å². The predicted molar refractivity (Wildman–Crippen MR) is 86.0 cm³/mol. The van der Waals surface area contributed by atoms with Crippen molar-refractivity contribution in [3.8, 4) is 0 Å². The first-order chi connectivity index (χ1) is 9.86. The van der Waals surface area contributed by atoms with Crippen molar-refractivity contribution in [2.24, 2.45) is 0 Å². The van der Waals surface area contributed by atoms with E-state index in [0.717, 1.165) is 43.6 Å². The van der Waals surface area contributed by atoms with Crippen LogP contribution < -0.4 is 9.80 Å².